The van der Waals surface area contributed by atoms with Crippen molar-refractivity contribution in [3.05, 3.63) is 151 Å². The van der Waals surface area contributed by atoms with Crippen molar-refractivity contribution in [1.82, 2.24) is 4.98 Å². The van der Waals surface area contributed by atoms with E-state index in [0.29, 0.717) is 0 Å². The van der Waals surface area contributed by atoms with Crippen molar-refractivity contribution in [2.24, 2.45) is 0 Å². The molecule has 1 nitrogen and oxygen atoms in total. The van der Waals surface area contributed by atoms with Crippen LogP contribution in [0.2, 0.25) is 0 Å². The number of aromatic nitrogens is 1. The normalized spacial score (nSPS) is 11.4. The van der Waals surface area contributed by atoms with Crippen LogP contribution in [0.1, 0.15) is 26.3 Å². The van der Waals surface area contributed by atoms with E-state index in [1.165, 1.54) is 38.9 Å². The summed E-state index contributed by atoms with van der Waals surface area (Å²) in [5.74, 6) is 0. The van der Waals surface area contributed by atoms with Crippen LogP contribution in [0.4, 0.5) is 0 Å². The predicted molar refractivity (Wildman–Crippen MR) is 170 cm³/mol. The first kappa shape index (κ1) is 25.5. The fraction of sp³-hybridized carbons (Fsp3) is 0.103. The average Bonchev–Trinajstić information content (AvgIpc) is 3.01. The summed E-state index contributed by atoms with van der Waals surface area (Å²) < 4.78 is 0. The third-order valence-corrected chi connectivity index (χ3v) is 7.49. The van der Waals surface area contributed by atoms with Gasteiger partial charge in [0.2, 0.25) is 0 Å². The number of rotatable bonds is 5. The standard InChI is InChI=1S/C39H33N/c1-39(2,3)36-24-22-32(23-25-36)35-26-37(33-18-14-30(15-19-33)28-10-6-4-7-11-28)40-38(27-35)34-20-16-31(17-21-34)29-12-8-5-9-13-29/h4-27H,1-3H3. The SMILES string of the molecule is CC(C)(C)c1ccc(-c2cc(-c3ccc(-c4ccccc4)cc3)nc(-c3ccc(-c4ccccc4)cc3)c2)cc1. The van der Waals surface area contributed by atoms with Crippen molar-refractivity contribution in [3.63, 3.8) is 0 Å². The Kier molecular flexibility index (Phi) is 6.88. The summed E-state index contributed by atoms with van der Waals surface area (Å²) in [6, 6.07) is 51.9. The molecule has 40 heavy (non-hydrogen) atoms. The highest BCUT2D eigenvalue weighted by Gasteiger charge is 2.14. The maximum Gasteiger partial charge on any atom is 0.0715 e. The number of hydrogen-bond donors (Lipinski definition) is 0. The van der Waals surface area contributed by atoms with Gasteiger partial charge in [0.25, 0.3) is 0 Å². The molecule has 5 aromatic carbocycles. The summed E-state index contributed by atoms with van der Waals surface area (Å²) in [7, 11) is 0. The van der Waals surface area contributed by atoms with Gasteiger partial charge in [0.15, 0.2) is 0 Å². The predicted octanol–water partition coefficient (Wildman–Crippen LogP) is 10.7. The van der Waals surface area contributed by atoms with E-state index in [-0.39, 0.29) is 5.41 Å². The zero-order chi connectivity index (χ0) is 27.5. The minimum Gasteiger partial charge on any atom is -0.248 e. The molecular formula is C39H33N. The van der Waals surface area contributed by atoms with Crippen molar-refractivity contribution in [2.45, 2.75) is 26.2 Å². The average molecular weight is 516 g/mol. The molecule has 1 heteroatoms. The molecule has 0 unspecified atom stereocenters. The van der Waals surface area contributed by atoms with E-state index in [4.69, 9.17) is 4.98 Å². The lowest BCUT2D eigenvalue weighted by Gasteiger charge is -2.19. The molecule has 0 radical (unpaired) electrons. The van der Waals surface area contributed by atoms with Crippen molar-refractivity contribution in [1.29, 1.82) is 0 Å². The van der Waals surface area contributed by atoms with E-state index in [9.17, 15) is 0 Å². The van der Waals surface area contributed by atoms with Gasteiger partial charge in [0.05, 0.1) is 11.4 Å². The molecule has 0 fully saturated rings. The van der Waals surface area contributed by atoms with Crippen LogP contribution in [-0.2, 0) is 5.41 Å². The van der Waals surface area contributed by atoms with Crippen molar-refractivity contribution in [3.8, 4) is 55.9 Å². The highest BCUT2D eigenvalue weighted by molar-refractivity contribution is 5.78. The highest BCUT2D eigenvalue weighted by Crippen LogP contribution is 2.33. The van der Waals surface area contributed by atoms with Crippen molar-refractivity contribution >= 4 is 0 Å². The summed E-state index contributed by atoms with van der Waals surface area (Å²) in [5.41, 5.74) is 12.8. The zero-order valence-corrected chi connectivity index (χ0v) is 23.3. The van der Waals surface area contributed by atoms with Gasteiger partial charge >= 0.3 is 0 Å². The monoisotopic (exact) mass is 515 g/mol. The molecular weight excluding hydrogens is 482 g/mol. The van der Waals surface area contributed by atoms with E-state index in [1.807, 2.05) is 0 Å². The lowest BCUT2D eigenvalue weighted by Crippen LogP contribution is -2.10. The third-order valence-electron chi connectivity index (χ3n) is 7.49. The first-order chi connectivity index (χ1) is 19.4. The van der Waals surface area contributed by atoms with Gasteiger partial charge in [-0.3, -0.25) is 0 Å². The molecule has 194 valence electrons. The van der Waals surface area contributed by atoms with Crippen LogP contribution in [0.25, 0.3) is 55.9 Å². The second kappa shape index (κ2) is 10.8. The highest BCUT2D eigenvalue weighted by atomic mass is 14.7. The Bertz CT molecular complexity index is 1610. The molecule has 0 bridgehead atoms. The van der Waals surface area contributed by atoms with Gasteiger partial charge < -0.3 is 0 Å². The lowest BCUT2D eigenvalue weighted by atomic mass is 9.86. The summed E-state index contributed by atoms with van der Waals surface area (Å²) >= 11 is 0. The van der Waals surface area contributed by atoms with Crippen LogP contribution in [0.15, 0.2) is 146 Å². The maximum atomic E-state index is 5.16. The Hall–Kier alpha value is -4.75. The van der Waals surface area contributed by atoms with Crippen LogP contribution in [0, 0.1) is 0 Å². The molecule has 0 saturated heterocycles. The molecule has 0 amide bonds. The molecule has 6 aromatic rings. The Morgan fingerprint density at radius 3 is 1.07 bits per heavy atom. The van der Waals surface area contributed by atoms with Crippen molar-refractivity contribution in [2.75, 3.05) is 0 Å². The first-order valence-corrected chi connectivity index (χ1v) is 13.9. The summed E-state index contributed by atoms with van der Waals surface area (Å²) in [6.45, 7) is 6.76. The van der Waals surface area contributed by atoms with Crippen LogP contribution < -0.4 is 0 Å². The number of hydrogen-bond acceptors (Lipinski definition) is 1. The van der Waals surface area contributed by atoms with Crippen LogP contribution in [0.5, 0.6) is 0 Å². The van der Waals surface area contributed by atoms with Gasteiger partial charge in [-0.15, -0.1) is 0 Å². The van der Waals surface area contributed by atoms with Gasteiger partial charge in [-0.1, -0.05) is 154 Å². The maximum absolute atomic E-state index is 5.16. The van der Waals surface area contributed by atoms with E-state index in [2.05, 4.69) is 166 Å². The Morgan fingerprint density at radius 2 is 0.675 bits per heavy atom. The quantitative estimate of drug-likeness (QED) is 0.222. The number of benzene rings is 5. The van der Waals surface area contributed by atoms with Gasteiger partial charge in [0, 0.05) is 11.1 Å². The van der Waals surface area contributed by atoms with Gasteiger partial charge in [-0.2, -0.15) is 0 Å². The minimum absolute atomic E-state index is 0.119. The van der Waals surface area contributed by atoms with Gasteiger partial charge in [-0.05, 0) is 56.5 Å². The van der Waals surface area contributed by atoms with Crippen LogP contribution in [-0.4, -0.2) is 4.98 Å². The van der Waals surface area contributed by atoms with Crippen LogP contribution >= 0.6 is 0 Å². The summed E-state index contributed by atoms with van der Waals surface area (Å²) in [5, 5.41) is 0. The van der Waals surface area contributed by atoms with Crippen molar-refractivity contribution < 1.29 is 0 Å². The molecule has 1 heterocycles. The Morgan fingerprint density at radius 1 is 0.350 bits per heavy atom. The smallest absolute Gasteiger partial charge is 0.0715 e. The second-order valence-corrected chi connectivity index (χ2v) is 11.3. The molecule has 0 atom stereocenters. The van der Waals surface area contributed by atoms with E-state index >= 15 is 0 Å². The minimum atomic E-state index is 0.119. The van der Waals surface area contributed by atoms with E-state index < -0.39 is 0 Å². The first-order valence-electron chi connectivity index (χ1n) is 13.9. The third kappa shape index (κ3) is 5.51. The van der Waals surface area contributed by atoms with E-state index in [0.717, 1.165) is 22.5 Å². The Balaban J connectivity index is 1.42. The summed E-state index contributed by atoms with van der Waals surface area (Å²) in [4.78, 5) is 5.16. The summed E-state index contributed by atoms with van der Waals surface area (Å²) in [6.07, 6.45) is 0. The fourth-order valence-electron chi connectivity index (χ4n) is 5.08. The molecule has 6 rings (SSSR count). The molecule has 0 aliphatic heterocycles. The molecule has 0 N–H and O–H groups in total. The molecule has 0 aliphatic rings. The molecule has 1 aromatic heterocycles. The Labute approximate surface area is 237 Å². The molecule has 0 saturated carbocycles. The molecule has 0 spiro atoms. The fourth-order valence-corrected chi connectivity index (χ4v) is 5.08. The van der Waals surface area contributed by atoms with Crippen LogP contribution in [0.3, 0.4) is 0 Å². The molecule has 0 aliphatic carbocycles. The zero-order valence-electron chi connectivity index (χ0n) is 23.3. The number of nitrogens with zero attached hydrogens (tertiary/aromatic N) is 1. The second-order valence-electron chi connectivity index (χ2n) is 11.3. The largest absolute Gasteiger partial charge is 0.248 e. The van der Waals surface area contributed by atoms with E-state index in [1.54, 1.807) is 0 Å². The van der Waals surface area contributed by atoms with Gasteiger partial charge in [-0.25, -0.2) is 4.98 Å². The lowest BCUT2D eigenvalue weighted by molar-refractivity contribution is 0.590. The topological polar surface area (TPSA) is 12.9 Å². The number of pyridine rings is 1. The van der Waals surface area contributed by atoms with Gasteiger partial charge in [0.1, 0.15) is 0 Å².